The van der Waals surface area contributed by atoms with Crippen LogP contribution >= 0.6 is 11.3 Å². The summed E-state index contributed by atoms with van der Waals surface area (Å²) in [7, 11) is 0. The quantitative estimate of drug-likeness (QED) is 0.177. The van der Waals surface area contributed by atoms with Crippen LogP contribution in [-0.4, -0.2) is 9.55 Å². The van der Waals surface area contributed by atoms with Gasteiger partial charge in [0.15, 0.2) is 5.58 Å². The fraction of sp³-hybridized carbons (Fsp3) is 0. The Labute approximate surface area is 318 Å². The van der Waals surface area contributed by atoms with Crippen molar-refractivity contribution in [3.05, 3.63) is 176 Å². The normalized spacial score (nSPS) is 12.0. The van der Waals surface area contributed by atoms with Gasteiger partial charge in [-0.05, 0) is 91.0 Å². The van der Waals surface area contributed by atoms with Gasteiger partial charge in [-0.1, -0.05) is 84.9 Å². The molecule has 0 bridgehead atoms. The molecule has 6 heteroatoms. The highest BCUT2D eigenvalue weighted by molar-refractivity contribution is 7.26. The molecule has 55 heavy (non-hydrogen) atoms. The summed E-state index contributed by atoms with van der Waals surface area (Å²) in [5, 5.41) is 6.78. The molecule has 0 radical (unpaired) electrons. The maximum Gasteiger partial charge on any atom is 0.227 e. The second kappa shape index (κ2) is 11.7. The van der Waals surface area contributed by atoms with Gasteiger partial charge in [-0.15, -0.1) is 11.3 Å². The molecule has 0 aliphatic carbocycles. The summed E-state index contributed by atoms with van der Waals surface area (Å²) in [5.74, 6) is 0.590. The second-order valence-corrected chi connectivity index (χ2v) is 15.0. The Morgan fingerprint density at radius 3 is 2.02 bits per heavy atom. The van der Waals surface area contributed by atoms with Gasteiger partial charge in [0, 0.05) is 53.3 Å². The van der Waals surface area contributed by atoms with Crippen molar-refractivity contribution < 1.29 is 8.83 Å². The molecule has 0 amide bonds. The molecule has 4 aromatic heterocycles. The smallest absolute Gasteiger partial charge is 0.227 e. The van der Waals surface area contributed by atoms with E-state index in [0.717, 1.165) is 72.4 Å². The van der Waals surface area contributed by atoms with E-state index in [4.69, 9.17) is 13.8 Å². The fourth-order valence-electron chi connectivity index (χ4n) is 8.48. The first-order valence-electron chi connectivity index (χ1n) is 18.4. The maximum atomic E-state index is 6.52. The summed E-state index contributed by atoms with van der Waals surface area (Å²) in [6, 6.07) is 62.0. The van der Waals surface area contributed by atoms with Gasteiger partial charge in [0.05, 0.1) is 27.8 Å². The van der Waals surface area contributed by atoms with E-state index in [1.54, 1.807) is 0 Å². The van der Waals surface area contributed by atoms with Crippen LogP contribution in [0.1, 0.15) is 0 Å². The van der Waals surface area contributed by atoms with E-state index >= 15 is 0 Å². The van der Waals surface area contributed by atoms with E-state index in [0.29, 0.717) is 5.89 Å². The van der Waals surface area contributed by atoms with Gasteiger partial charge >= 0.3 is 0 Å². The zero-order valence-corrected chi connectivity index (χ0v) is 30.1. The van der Waals surface area contributed by atoms with Crippen molar-refractivity contribution in [3.8, 4) is 17.1 Å². The number of hydrogen-bond acceptors (Lipinski definition) is 5. The molecule has 12 aromatic rings. The largest absolute Gasteiger partial charge is 0.456 e. The highest BCUT2D eigenvalue weighted by Gasteiger charge is 2.25. The number of furan rings is 1. The molecule has 8 aromatic carbocycles. The van der Waals surface area contributed by atoms with E-state index in [1.807, 2.05) is 53.8 Å². The zero-order chi connectivity index (χ0) is 36.0. The third-order valence-corrected chi connectivity index (χ3v) is 11.9. The molecule has 12 rings (SSSR count). The molecule has 0 unspecified atom stereocenters. The van der Waals surface area contributed by atoms with Crippen molar-refractivity contribution in [2.24, 2.45) is 0 Å². The van der Waals surface area contributed by atoms with Gasteiger partial charge in [0.2, 0.25) is 5.89 Å². The molecule has 0 saturated heterocycles. The third kappa shape index (κ3) is 4.49. The van der Waals surface area contributed by atoms with Crippen LogP contribution in [0.2, 0.25) is 0 Å². The van der Waals surface area contributed by atoms with Crippen molar-refractivity contribution >= 4 is 103 Å². The molecule has 0 fully saturated rings. The van der Waals surface area contributed by atoms with Crippen LogP contribution < -0.4 is 4.90 Å². The Morgan fingerprint density at radius 2 is 1.15 bits per heavy atom. The van der Waals surface area contributed by atoms with E-state index in [1.165, 1.54) is 30.9 Å². The first-order chi connectivity index (χ1) is 27.3. The van der Waals surface area contributed by atoms with Gasteiger partial charge in [-0.2, -0.15) is 0 Å². The van der Waals surface area contributed by atoms with Crippen LogP contribution in [0.4, 0.5) is 17.1 Å². The first kappa shape index (κ1) is 30.3. The number of benzene rings is 8. The summed E-state index contributed by atoms with van der Waals surface area (Å²) >= 11 is 1.83. The lowest BCUT2D eigenvalue weighted by molar-refractivity contribution is 0.619. The average Bonchev–Trinajstić information content (AvgIpc) is 4.02. The van der Waals surface area contributed by atoms with Crippen molar-refractivity contribution in [3.63, 3.8) is 0 Å². The Morgan fingerprint density at radius 1 is 0.473 bits per heavy atom. The van der Waals surface area contributed by atoms with Crippen molar-refractivity contribution in [2.45, 2.75) is 0 Å². The van der Waals surface area contributed by atoms with E-state index in [2.05, 4.69) is 143 Å². The minimum Gasteiger partial charge on any atom is -0.456 e. The minimum atomic E-state index is 0.590. The third-order valence-electron chi connectivity index (χ3n) is 10.8. The highest BCUT2D eigenvalue weighted by atomic mass is 32.1. The number of oxazole rings is 1. The fourth-order valence-corrected chi connectivity index (χ4v) is 9.60. The molecule has 4 heterocycles. The number of nitrogens with zero attached hydrogens (tertiary/aromatic N) is 3. The summed E-state index contributed by atoms with van der Waals surface area (Å²) in [5.41, 5.74) is 10.7. The van der Waals surface area contributed by atoms with Gasteiger partial charge in [0.25, 0.3) is 0 Å². The van der Waals surface area contributed by atoms with Crippen LogP contribution in [0, 0.1) is 0 Å². The average molecular weight is 724 g/mol. The zero-order valence-electron chi connectivity index (χ0n) is 29.3. The monoisotopic (exact) mass is 723 g/mol. The lowest BCUT2D eigenvalue weighted by atomic mass is 10.0. The van der Waals surface area contributed by atoms with Crippen molar-refractivity contribution in [2.75, 3.05) is 4.90 Å². The van der Waals surface area contributed by atoms with Crippen LogP contribution in [0.5, 0.6) is 0 Å². The first-order valence-corrected chi connectivity index (χ1v) is 19.2. The molecule has 0 aliphatic heterocycles. The molecule has 0 spiro atoms. The summed E-state index contributed by atoms with van der Waals surface area (Å²) in [4.78, 5) is 7.50. The number of anilines is 3. The molecule has 258 valence electrons. The predicted octanol–water partition coefficient (Wildman–Crippen LogP) is 14.3. The molecule has 0 N–H and O–H groups in total. The summed E-state index contributed by atoms with van der Waals surface area (Å²) in [6.45, 7) is 0. The molecular formula is C49H29N3O2S. The van der Waals surface area contributed by atoms with Gasteiger partial charge in [-0.3, -0.25) is 0 Å². The van der Waals surface area contributed by atoms with Crippen LogP contribution in [-0.2, 0) is 0 Å². The number of fused-ring (bicyclic) bond motifs is 11. The van der Waals surface area contributed by atoms with Crippen LogP contribution in [0.3, 0.4) is 0 Å². The van der Waals surface area contributed by atoms with E-state index < -0.39 is 0 Å². The summed E-state index contributed by atoms with van der Waals surface area (Å²) < 4.78 is 17.7. The van der Waals surface area contributed by atoms with E-state index in [9.17, 15) is 0 Å². The molecule has 0 saturated carbocycles. The lowest BCUT2D eigenvalue weighted by Crippen LogP contribution is -2.10. The predicted molar refractivity (Wildman–Crippen MR) is 229 cm³/mol. The van der Waals surface area contributed by atoms with Gasteiger partial charge < -0.3 is 18.3 Å². The standard InChI is InChI=1S/C49H29N3O2S/c1-3-13-30(14-4-1)49-50-48-42(54-49)28-27-41-47(48)35-29-32(25-26-40(35)53-41)52(39-22-12-24-44-46(39)34-18-8-10-23-43(34)55-44)38-21-11-20-37-45(38)33-17-7-9-19-36(33)51(37)31-15-5-2-6-16-31/h1-29H. The van der Waals surface area contributed by atoms with Crippen LogP contribution in [0.15, 0.2) is 185 Å². The number of rotatable bonds is 5. The molecular weight excluding hydrogens is 695 g/mol. The Balaban J connectivity index is 1.18. The maximum absolute atomic E-state index is 6.52. The van der Waals surface area contributed by atoms with Crippen molar-refractivity contribution in [1.29, 1.82) is 0 Å². The van der Waals surface area contributed by atoms with Crippen molar-refractivity contribution in [1.82, 2.24) is 9.55 Å². The number of para-hydroxylation sites is 2. The SMILES string of the molecule is c1ccc(-c2nc3c(ccc4oc5ccc(N(c6cccc7sc8ccccc8c67)c6cccc7c6c6ccccc6n7-c6ccccc6)cc5c43)o2)cc1. The lowest BCUT2D eigenvalue weighted by Gasteiger charge is -2.27. The number of hydrogen-bond donors (Lipinski definition) is 0. The second-order valence-electron chi connectivity index (χ2n) is 13.9. The Hall–Kier alpha value is -7.15. The highest BCUT2D eigenvalue weighted by Crippen LogP contribution is 2.49. The molecule has 5 nitrogen and oxygen atoms in total. The Kier molecular flexibility index (Phi) is 6.44. The number of thiophene rings is 1. The van der Waals surface area contributed by atoms with Gasteiger partial charge in [0.1, 0.15) is 16.7 Å². The molecule has 0 atom stereocenters. The summed E-state index contributed by atoms with van der Waals surface area (Å²) in [6.07, 6.45) is 0. The Bertz CT molecular complexity index is 3450. The van der Waals surface area contributed by atoms with Crippen LogP contribution in [0.25, 0.3) is 92.2 Å². The number of aromatic nitrogens is 2. The topological polar surface area (TPSA) is 47.3 Å². The minimum absolute atomic E-state index is 0.590. The van der Waals surface area contributed by atoms with E-state index in [-0.39, 0.29) is 0 Å². The van der Waals surface area contributed by atoms with Gasteiger partial charge in [-0.25, -0.2) is 4.98 Å². The molecule has 0 aliphatic rings.